The molecule has 0 saturated carbocycles. The van der Waals surface area contributed by atoms with Crippen LogP contribution in [0.2, 0.25) is 0 Å². The van der Waals surface area contributed by atoms with Gasteiger partial charge < -0.3 is 42.0 Å². The molecule has 0 atom stereocenters. The van der Waals surface area contributed by atoms with Crippen LogP contribution in [0.5, 0.6) is 17.2 Å². The highest BCUT2D eigenvalue weighted by molar-refractivity contribution is 7.49. The van der Waals surface area contributed by atoms with E-state index < -0.39 is 43.6 Å². The Bertz CT molecular complexity index is 2080. The van der Waals surface area contributed by atoms with Crippen LogP contribution >= 0.6 is 7.82 Å². The van der Waals surface area contributed by atoms with Crippen molar-refractivity contribution < 1.29 is 75.3 Å². The van der Waals surface area contributed by atoms with Crippen molar-refractivity contribution in [2.24, 2.45) is 0 Å². The van der Waals surface area contributed by atoms with Crippen LogP contribution in [0, 0.1) is 20.8 Å². The quantitative estimate of drug-likeness (QED) is 0.0367. The number of phosphoric acid groups is 1. The highest BCUT2D eigenvalue weighted by Gasteiger charge is 2.36. The molecule has 0 fully saturated rings. The first-order chi connectivity index (χ1) is 29.5. The summed E-state index contributed by atoms with van der Waals surface area (Å²) >= 11 is 0. The molecule has 0 N–H and O–H groups in total. The maximum absolute atomic E-state index is 15.3. The lowest BCUT2D eigenvalue weighted by Gasteiger charge is -2.25. The molecule has 0 unspecified atom stereocenters. The molecule has 0 amide bonds. The molecule has 62 heavy (non-hydrogen) atoms. The fourth-order valence-electron chi connectivity index (χ4n) is 5.33. The van der Waals surface area contributed by atoms with Gasteiger partial charge in [-0.15, -0.1) is 0 Å². The van der Waals surface area contributed by atoms with Crippen molar-refractivity contribution in [3.63, 3.8) is 0 Å². The molecule has 3 aromatic rings. The zero-order valence-corrected chi connectivity index (χ0v) is 35.3. The van der Waals surface area contributed by atoms with Crippen molar-refractivity contribution in [2.75, 3.05) is 0 Å². The summed E-state index contributed by atoms with van der Waals surface area (Å²) in [4.78, 5) is 72.1. The van der Waals surface area contributed by atoms with Gasteiger partial charge in [0.25, 0.3) is 0 Å². The summed E-state index contributed by atoms with van der Waals surface area (Å²) in [5.74, 6) is -4.72. The van der Waals surface area contributed by atoms with E-state index in [1.165, 1.54) is 36.4 Å². The highest BCUT2D eigenvalue weighted by atomic mass is 31.2. The van der Waals surface area contributed by atoms with Gasteiger partial charge in [0, 0.05) is 53.1 Å². The topological polar surface area (TPSA) is 203 Å². The van der Waals surface area contributed by atoms with Crippen molar-refractivity contribution in [3.8, 4) is 17.2 Å². The molecule has 16 nitrogen and oxygen atoms in total. The van der Waals surface area contributed by atoms with E-state index in [0.29, 0.717) is 33.4 Å². The Morgan fingerprint density at radius 3 is 0.823 bits per heavy atom. The van der Waals surface area contributed by atoms with Crippen molar-refractivity contribution in [3.05, 3.63) is 162 Å². The molecular formula is C45H45O16P. The lowest BCUT2D eigenvalue weighted by Crippen LogP contribution is -2.14. The Morgan fingerprint density at radius 2 is 0.613 bits per heavy atom. The first-order valence-corrected chi connectivity index (χ1v) is 19.8. The predicted octanol–water partition coefficient (Wildman–Crippen LogP) is 7.63. The van der Waals surface area contributed by atoms with Crippen molar-refractivity contribution in [2.45, 2.75) is 60.4 Å². The van der Waals surface area contributed by atoms with Gasteiger partial charge in [-0.3, -0.25) is 0 Å². The second kappa shape index (κ2) is 23.4. The number of benzene rings is 3. The number of carbonyl (C=O) groups is 6. The van der Waals surface area contributed by atoms with Crippen LogP contribution in [0.1, 0.15) is 50.1 Å². The van der Waals surface area contributed by atoms with Gasteiger partial charge in [0.05, 0.1) is 0 Å². The lowest BCUT2D eigenvalue weighted by molar-refractivity contribution is -0.140. The van der Waals surface area contributed by atoms with Gasteiger partial charge in [0.15, 0.2) is 0 Å². The maximum Gasteiger partial charge on any atom is 0.647 e. The molecular weight excluding hydrogens is 827 g/mol. The molecule has 326 valence electrons. The van der Waals surface area contributed by atoms with Crippen molar-refractivity contribution in [1.29, 1.82) is 0 Å². The largest absolute Gasteiger partial charge is 0.647 e. The Kier molecular flexibility index (Phi) is 18.4. The summed E-state index contributed by atoms with van der Waals surface area (Å²) in [6, 6.07) is 8.64. The summed E-state index contributed by atoms with van der Waals surface area (Å²) in [7, 11) is -4.98. The van der Waals surface area contributed by atoms with E-state index >= 15 is 4.57 Å². The Hall–Kier alpha value is -7.45. The van der Waals surface area contributed by atoms with E-state index in [-0.39, 0.29) is 73.6 Å². The third kappa shape index (κ3) is 13.8. The third-order valence-corrected chi connectivity index (χ3v) is 10.0. The Balaban J connectivity index is 2.27. The van der Waals surface area contributed by atoms with Crippen LogP contribution in [0.3, 0.4) is 0 Å². The summed E-state index contributed by atoms with van der Waals surface area (Å²) < 4.78 is 65.3. The summed E-state index contributed by atoms with van der Waals surface area (Å²) in [6.45, 7) is 23.2. The van der Waals surface area contributed by atoms with Crippen LogP contribution in [-0.2, 0) is 101 Å². The molecule has 0 spiro atoms. The second-order valence-corrected chi connectivity index (χ2v) is 14.0. The average Bonchev–Trinajstić information content (AvgIpc) is 3.27. The zero-order chi connectivity index (χ0) is 46.0. The van der Waals surface area contributed by atoms with E-state index in [1.54, 1.807) is 20.8 Å². The predicted molar refractivity (Wildman–Crippen MR) is 223 cm³/mol. The number of rotatable bonds is 24. The molecule has 17 heteroatoms. The van der Waals surface area contributed by atoms with Gasteiger partial charge in [-0.1, -0.05) is 57.7 Å². The summed E-state index contributed by atoms with van der Waals surface area (Å²) in [6.07, 6.45) is 5.78. The maximum atomic E-state index is 15.3. The minimum atomic E-state index is -4.98. The number of esters is 6. The fraction of sp³-hybridized carbons (Fsp3) is 0.200. The molecule has 3 rings (SSSR count). The van der Waals surface area contributed by atoms with Gasteiger partial charge in [0.2, 0.25) is 0 Å². The van der Waals surface area contributed by atoms with Crippen LogP contribution in [0.4, 0.5) is 0 Å². The van der Waals surface area contributed by atoms with E-state index in [1.807, 2.05) is 0 Å². The van der Waals surface area contributed by atoms with Crippen LogP contribution in [0.15, 0.2) is 112 Å². The number of hydrogen-bond acceptors (Lipinski definition) is 16. The Labute approximate surface area is 358 Å². The van der Waals surface area contributed by atoms with E-state index in [0.717, 1.165) is 36.5 Å². The Morgan fingerprint density at radius 1 is 0.403 bits per heavy atom. The minimum Gasteiger partial charge on any atom is -0.458 e. The molecule has 0 aliphatic rings. The van der Waals surface area contributed by atoms with Gasteiger partial charge in [0.1, 0.15) is 56.9 Å². The second-order valence-electron chi connectivity index (χ2n) is 12.6. The number of carbonyl (C=O) groups excluding carboxylic acids is 6. The zero-order valence-electron chi connectivity index (χ0n) is 34.4. The van der Waals surface area contributed by atoms with Crippen LogP contribution in [-0.4, -0.2) is 35.8 Å². The first kappa shape index (κ1) is 48.9. The van der Waals surface area contributed by atoms with E-state index in [9.17, 15) is 28.8 Å². The summed E-state index contributed by atoms with van der Waals surface area (Å²) in [5.41, 5.74) is 2.90. The number of hydrogen-bond donors (Lipinski definition) is 0. The third-order valence-electron chi connectivity index (χ3n) is 8.75. The highest BCUT2D eigenvalue weighted by Crippen LogP contribution is 2.53. The van der Waals surface area contributed by atoms with E-state index in [2.05, 4.69) is 39.5 Å². The summed E-state index contributed by atoms with van der Waals surface area (Å²) in [5, 5.41) is 0. The molecule has 0 aliphatic carbocycles. The van der Waals surface area contributed by atoms with Crippen molar-refractivity contribution in [1.82, 2.24) is 0 Å². The molecule has 0 aliphatic heterocycles. The molecule has 0 bridgehead atoms. The molecule has 0 heterocycles. The number of ether oxygens (including phenoxy) is 6. The molecule has 0 saturated heterocycles. The standard InChI is InChI=1S/C45H45O16P/c1-10-40(46)53-22-31-16-19-37(28(7)34(31)25-56-43(49)13-4)59-62(52,60-38-20-17-32(23-54-41(47)11-2)35(29(38)8)26-57-44(50)14-5)61-39-21-18-33(24-55-42(48)12-3)36(30(39)9)27-58-45(51)15-6/h10-21H,1-6,22-27H2,7-9H3. The fourth-order valence-corrected chi connectivity index (χ4v) is 6.75. The first-order valence-electron chi connectivity index (χ1n) is 18.3. The monoisotopic (exact) mass is 872 g/mol. The normalized spacial score (nSPS) is 10.4. The lowest BCUT2D eigenvalue weighted by atomic mass is 10.0. The minimum absolute atomic E-state index is 0.0896. The molecule has 3 aromatic carbocycles. The number of phosphoric ester groups is 1. The van der Waals surface area contributed by atoms with Crippen LogP contribution < -0.4 is 13.6 Å². The van der Waals surface area contributed by atoms with Crippen LogP contribution in [0.25, 0.3) is 0 Å². The van der Waals surface area contributed by atoms with Gasteiger partial charge in [-0.2, -0.15) is 4.57 Å². The van der Waals surface area contributed by atoms with E-state index in [4.69, 9.17) is 42.0 Å². The van der Waals surface area contributed by atoms with Gasteiger partial charge in [-0.25, -0.2) is 28.8 Å². The molecule has 0 radical (unpaired) electrons. The molecule has 0 aromatic heterocycles. The smallest absolute Gasteiger partial charge is 0.458 e. The average molecular weight is 873 g/mol. The van der Waals surface area contributed by atoms with Gasteiger partial charge >= 0.3 is 43.6 Å². The SMILES string of the molecule is C=CC(=O)OCc1ccc(OP(=O)(Oc2ccc(COC(=O)C=C)c(COC(=O)C=C)c2C)Oc2ccc(COC(=O)C=C)c(COC(=O)C=C)c2C)c(C)c1COC(=O)C=C. The van der Waals surface area contributed by atoms with Gasteiger partial charge in [-0.05, 0) is 72.4 Å². The van der Waals surface area contributed by atoms with Crippen molar-refractivity contribution >= 4 is 43.6 Å².